The van der Waals surface area contributed by atoms with Crippen molar-refractivity contribution in [2.45, 2.75) is 55.5 Å². The number of primary amides is 1. The quantitative estimate of drug-likeness (QED) is 0.476. The molecule has 0 aromatic heterocycles. The van der Waals surface area contributed by atoms with E-state index in [0.29, 0.717) is 12.0 Å². The van der Waals surface area contributed by atoms with Crippen molar-refractivity contribution in [3.8, 4) is 0 Å². The van der Waals surface area contributed by atoms with Crippen LogP contribution in [0.3, 0.4) is 0 Å². The van der Waals surface area contributed by atoms with Gasteiger partial charge >= 0.3 is 0 Å². The molecule has 2 atom stereocenters. The van der Waals surface area contributed by atoms with E-state index in [9.17, 15) is 22.8 Å². The van der Waals surface area contributed by atoms with Crippen LogP contribution in [-0.4, -0.2) is 81.2 Å². The number of nitrogens with one attached hydrogen (secondary N) is 1. The van der Waals surface area contributed by atoms with Crippen LogP contribution >= 0.6 is 0 Å². The summed E-state index contributed by atoms with van der Waals surface area (Å²) in [5.74, 6) is -1.32. The summed E-state index contributed by atoms with van der Waals surface area (Å²) in [6.07, 6.45) is 5.64. The molecule has 40 heavy (non-hydrogen) atoms. The lowest BCUT2D eigenvalue weighted by Crippen LogP contribution is -2.63. The average molecular weight is 570 g/mol. The van der Waals surface area contributed by atoms with Crippen LogP contribution in [0.5, 0.6) is 0 Å². The van der Waals surface area contributed by atoms with E-state index in [1.165, 1.54) is 17.0 Å². The van der Waals surface area contributed by atoms with Gasteiger partial charge in [0.25, 0.3) is 5.91 Å². The van der Waals surface area contributed by atoms with Gasteiger partial charge in [-0.15, -0.1) is 0 Å². The third-order valence-corrected chi connectivity index (χ3v) is 9.78. The van der Waals surface area contributed by atoms with Gasteiger partial charge in [-0.05, 0) is 48.7 Å². The van der Waals surface area contributed by atoms with Gasteiger partial charge in [-0.25, -0.2) is 8.42 Å². The standard InChI is InChI=1S/C29H39N5O5S/c1-32(2)23-15-13-22(14-16-23)29(37)33-17-18-34(40(38,39)24-11-7-4-8-12-24)26(20-33)28(36)31-25(27(30)35)19-21-9-5-3-6-10-21/h4,7-8,11-16,21,25-26H,3,5-6,9-10,17-20H2,1-2H3,(H2,30,35)(H,31,36)/t25-,26-/m0/s1. The molecule has 2 aromatic carbocycles. The number of benzene rings is 2. The van der Waals surface area contributed by atoms with Crippen LogP contribution in [0.15, 0.2) is 59.5 Å². The Morgan fingerprint density at radius 2 is 1.62 bits per heavy atom. The molecule has 1 aliphatic carbocycles. The zero-order valence-electron chi connectivity index (χ0n) is 23.2. The van der Waals surface area contributed by atoms with Crippen molar-refractivity contribution >= 4 is 33.4 Å². The minimum atomic E-state index is -4.06. The summed E-state index contributed by atoms with van der Waals surface area (Å²) in [5, 5.41) is 2.74. The Labute approximate surface area is 236 Å². The number of nitrogens with two attached hydrogens (primary N) is 1. The van der Waals surface area contributed by atoms with Crippen molar-refractivity contribution in [3.63, 3.8) is 0 Å². The summed E-state index contributed by atoms with van der Waals surface area (Å²) in [7, 11) is -0.250. The van der Waals surface area contributed by atoms with Crippen LogP contribution in [0.1, 0.15) is 48.9 Å². The second kappa shape index (κ2) is 12.8. The van der Waals surface area contributed by atoms with Crippen LogP contribution in [-0.2, 0) is 19.6 Å². The molecule has 2 fully saturated rings. The predicted octanol–water partition coefficient (Wildman–Crippen LogP) is 2.21. The SMILES string of the molecule is CN(C)c1ccc(C(=O)N2CCN(S(=O)(=O)c3ccccc3)[C@H](C(=O)N[C@@H](CC3CCCCC3)C(N)=O)C2)cc1. The highest BCUT2D eigenvalue weighted by atomic mass is 32.2. The van der Waals surface area contributed by atoms with Gasteiger partial charge in [0, 0.05) is 45.0 Å². The Hall–Kier alpha value is -3.44. The first-order chi connectivity index (χ1) is 19.1. The van der Waals surface area contributed by atoms with Gasteiger partial charge in [-0.1, -0.05) is 50.3 Å². The fourth-order valence-electron chi connectivity index (χ4n) is 5.53. The van der Waals surface area contributed by atoms with E-state index in [1.54, 1.807) is 30.3 Å². The van der Waals surface area contributed by atoms with Crippen molar-refractivity contribution in [2.24, 2.45) is 11.7 Å². The first-order valence-electron chi connectivity index (χ1n) is 13.8. The number of carbonyl (C=O) groups is 3. The van der Waals surface area contributed by atoms with Crippen LogP contribution in [0, 0.1) is 5.92 Å². The van der Waals surface area contributed by atoms with E-state index in [-0.39, 0.29) is 36.4 Å². The van der Waals surface area contributed by atoms with Crippen molar-refractivity contribution in [3.05, 3.63) is 60.2 Å². The molecule has 0 unspecified atom stereocenters. The summed E-state index contributed by atoms with van der Waals surface area (Å²) in [5.41, 5.74) is 7.05. The second-order valence-electron chi connectivity index (χ2n) is 10.8. The van der Waals surface area contributed by atoms with Gasteiger partial charge in [0.05, 0.1) is 4.90 Å². The van der Waals surface area contributed by atoms with Gasteiger partial charge < -0.3 is 20.9 Å². The Balaban J connectivity index is 1.58. The lowest BCUT2D eigenvalue weighted by atomic mass is 9.84. The highest BCUT2D eigenvalue weighted by molar-refractivity contribution is 7.89. The Kier molecular flexibility index (Phi) is 9.47. The third kappa shape index (κ3) is 6.82. The van der Waals surface area contributed by atoms with Crippen molar-refractivity contribution in [1.29, 1.82) is 0 Å². The fourth-order valence-corrected chi connectivity index (χ4v) is 7.13. The minimum Gasteiger partial charge on any atom is -0.378 e. The molecule has 10 nitrogen and oxygen atoms in total. The van der Waals surface area contributed by atoms with Crippen molar-refractivity contribution in [1.82, 2.24) is 14.5 Å². The largest absolute Gasteiger partial charge is 0.378 e. The molecule has 0 radical (unpaired) electrons. The molecule has 0 bridgehead atoms. The molecule has 1 saturated carbocycles. The van der Waals surface area contributed by atoms with Crippen LogP contribution in [0.4, 0.5) is 5.69 Å². The number of rotatable bonds is 9. The maximum atomic E-state index is 13.7. The van der Waals surface area contributed by atoms with E-state index in [0.717, 1.165) is 42.1 Å². The maximum absolute atomic E-state index is 13.7. The first kappa shape index (κ1) is 29.5. The number of hydrogen-bond acceptors (Lipinski definition) is 6. The van der Waals surface area contributed by atoms with Gasteiger partial charge in [0.2, 0.25) is 21.8 Å². The molecular weight excluding hydrogens is 530 g/mol. The van der Waals surface area contributed by atoms with Crippen molar-refractivity contribution in [2.75, 3.05) is 38.6 Å². The van der Waals surface area contributed by atoms with Crippen LogP contribution in [0.2, 0.25) is 0 Å². The van der Waals surface area contributed by atoms with Gasteiger partial charge in [0.15, 0.2) is 0 Å². The highest BCUT2D eigenvalue weighted by Crippen LogP contribution is 2.28. The van der Waals surface area contributed by atoms with E-state index in [2.05, 4.69) is 5.32 Å². The molecule has 2 aliphatic rings. The summed E-state index contributed by atoms with van der Waals surface area (Å²) in [4.78, 5) is 42.9. The first-order valence-corrected chi connectivity index (χ1v) is 15.2. The summed E-state index contributed by atoms with van der Waals surface area (Å²) in [6, 6.07) is 12.8. The number of piperazine rings is 1. The molecule has 11 heteroatoms. The van der Waals surface area contributed by atoms with E-state index in [1.807, 2.05) is 31.1 Å². The molecule has 3 N–H and O–H groups in total. The number of hydrogen-bond donors (Lipinski definition) is 2. The van der Waals surface area contributed by atoms with Gasteiger partial charge in [-0.3, -0.25) is 14.4 Å². The average Bonchev–Trinajstić information content (AvgIpc) is 2.97. The molecule has 1 aliphatic heterocycles. The molecule has 216 valence electrons. The lowest BCUT2D eigenvalue weighted by molar-refractivity contribution is -0.131. The highest BCUT2D eigenvalue weighted by Gasteiger charge is 2.42. The Morgan fingerprint density at radius 3 is 2.23 bits per heavy atom. The molecule has 2 aromatic rings. The number of amides is 3. The number of anilines is 1. The molecule has 1 heterocycles. The van der Waals surface area contributed by atoms with E-state index >= 15 is 0 Å². The summed E-state index contributed by atoms with van der Waals surface area (Å²) < 4.78 is 28.4. The summed E-state index contributed by atoms with van der Waals surface area (Å²) in [6.45, 7) is -0.104. The normalized spacial score (nSPS) is 19.6. The molecule has 4 rings (SSSR count). The zero-order chi connectivity index (χ0) is 28.9. The molecular formula is C29H39N5O5S. The van der Waals surface area contributed by atoms with E-state index < -0.39 is 33.9 Å². The maximum Gasteiger partial charge on any atom is 0.253 e. The summed E-state index contributed by atoms with van der Waals surface area (Å²) >= 11 is 0. The van der Waals surface area contributed by atoms with Crippen LogP contribution < -0.4 is 16.0 Å². The van der Waals surface area contributed by atoms with Gasteiger partial charge in [-0.2, -0.15) is 4.31 Å². The number of sulfonamides is 1. The van der Waals surface area contributed by atoms with Gasteiger partial charge in [0.1, 0.15) is 12.1 Å². The molecule has 3 amide bonds. The third-order valence-electron chi connectivity index (χ3n) is 7.86. The Morgan fingerprint density at radius 1 is 0.975 bits per heavy atom. The van der Waals surface area contributed by atoms with E-state index in [4.69, 9.17) is 5.73 Å². The Bertz CT molecular complexity index is 1290. The monoisotopic (exact) mass is 569 g/mol. The number of carbonyl (C=O) groups excluding carboxylic acids is 3. The minimum absolute atomic E-state index is 0.0560. The zero-order valence-corrected chi connectivity index (χ0v) is 24.0. The lowest BCUT2D eigenvalue weighted by Gasteiger charge is -2.40. The smallest absolute Gasteiger partial charge is 0.253 e. The molecule has 1 saturated heterocycles. The number of nitrogens with zero attached hydrogens (tertiary/aromatic N) is 3. The van der Waals surface area contributed by atoms with Crippen LogP contribution in [0.25, 0.3) is 0 Å². The second-order valence-corrected chi connectivity index (χ2v) is 12.7. The van der Waals surface area contributed by atoms with Crippen molar-refractivity contribution < 1.29 is 22.8 Å². The molecule has 0 spiro atoms. The fraction of sp³-hybridized carbons (Fsp3) is 0.483. The topological polar surface area (TPSA) is 133 Å². The predicted molar refractivity (Wildman–Crippen MR) is 153 cm³/mol.